The van der Waals surface area contributed by atoms with E-state index in [9.17, 15) is 4.79 Å². The number of carbonyl (C=O) groups is 1. The van der Waals surface area contributed by atoms with Crippen molar-refractivity contribution in [3.05, 3.63) is 35.9 Å². The first-order valence-corrected chi connectivity index (χ1v) is 7.98. The summed E-state index contributed by atoms with van der Waals surface area (Å²) in [5.41, 5.74) is 2.81. The second-order valence-electron chi connectivity index (χ2n) is 6.98. The fourth-order valence-corrected chi connectivity index (χ4v) is 3.04. The van der Waals surface area contributed by atoms with Crippen LogP contribution < -0.4 is 10.2 Å². The Morgan fingerprint density at radius 3 is 2.82 bits per heavy atom. The van der Waals surface area contributed by atoms with Crippen molar-refractivity contribution in [1.29, 1.82) is 0 Å². The highest BCUT2D eigenvalue weighted by molar-refractivity contribution is 6.00. The highest BCUT2D eigenvalue weighted by Crippen LogP contribution is 2.36. The van der Waals surface area contributed by atoms with Gasteiger partial charge in [-0.25, -0.2) is 4.79 Å². The van der Waals surface area contributed by atoms with E-state index in [1.807, 2.05) is 39.0 Å². The Morgan fingerprint density at radius 1 is 1.36 bits per heavy atom. The summed E-state index contributed by atoms with van der Waals surface area (Å²) in [6.07, 6.45) is 4.38. The van der Waals surface area contributed by atoms with Gasteiger partial charge in [-0.3, -0.25) is 4.90 Å². The number of nitrogens with zero attached hydrogens (tertiary/aromatic N) is 1. The molecule has 0 bridgehead atoms. The molecule has 2 aliphatic rings. The largest absolute Gasteiger partial charge is 0.443 e. The van der Waals surface area contributed by atoms with Crippen LogP contribution in [0, 0.1) is 0 Å². The minimum absolute atomic E-state index is 0.275. The van der Waals surface area contributed by atoms with Crippen LogP contribution in [0.15, 0.2) is 30.3 Å². The third kappa shape index (κ3) is 3.17. The molecular weight excluding hydrogens is 276 g/mol. The van der Waals surface area contributed by atoms with Gasteiger partial charge in [0.25, 0.3) is 0 Å². The van der Waals surface area contributed by atoms with Crippen molar-refractivity contribution in [2.24, 2.45) is 0 Å². The van der Waals surface area contributed by atoms with Crippen LogP contribution in [-0.4, -0.2) is 30.8 Å². The van der Waals surface area contributed by atoms with Crippen molar-refractivity contribution in [2.45, 2.75) is 45.3 Å². The Labute approximate surface area is 132 Å². The van der Waals surface area contributed by atoms with Crippen molar-refractivity contribution < 1.29 is 9.53 Å². The van der Waals surface area contributed by atoms with Crippen molar-refractivity contribution in [1.82, 2.24) is 5.32 Å². The van der Waals surface area contributed by atoms with Crippen molar-refractivity contribution in [2.75, 3.05) is 18.0 Å². The molecule has 1 N–H and O–H groups in total. The van der Waals surface area contributed by atoms with Crippen LogP contribution in [-0.2, 0) is 4.74 Å². The minimum Gasteiger partial charge on any atom is -0.443 e. The van der Waals surface area contributed by atoms with Crippen molar-refractivity contribution >= 4 is 17.4 Å². The van der Waals surface area contributed by atoms with Crippen LogP contribution in [0.3, 0.4) is 0 Å². The number of nitrogens with one attached hydrogen (secondary N) is 1. The number of benzene rings is 1. The number of rotatable bonds is 1. The van der Waals surface area contributed by atoms with Gasteiger partial charge in [0.2, 0.25) is 0 Å². The number of amides is 1. The summed E-state index contributed by atoms with van der Waals surface area (Å²) in [6, 6.07) is 8.48. The summed E-state index contributed by atoms with van der Waals surface area (Å²) in [4.78, 5) is 14.2. The summed E-state index contributed by atoms with van der Waals surface area (Å²) in [6.45, 7) is 7.35. The zero-order chi connectivity index (χ0) is 15.7. The molecule has 2 heterocycles. The molecule has 0 aliphatic carbocycles. The molecular formula is C18H24N2O2. The molecule has 0 spiro atoms. The minimum atomic E-state index is -0.481. The second kappa shape index (κ2) is 5.76. The summed E-state index contributed by atoms with van der Waals surface area (Å²) < 4.78 is 5.54. The van der Waals surface area contributed by atoms with Gasteiger partial charge in [0.15, 0.2) is 0 Å². The number of hydrogen-bond donors (Lipinski definition) is 1. The molecule has 22 heavy (non-hydrogen) atoms. The monoisotopic (exact) mass is 300 g/mol. The van der Waals surface area contributed by atoms with Crippen LogP contribution in [0.2, 0.25) is 0 Å². The molecule has 1 unspecified atom stereocenters. The Bertz CT molecular complexity index is 595. The fraction of sp³-hybridized carbons (Fsp3) is 0.500. The van der Waals surface area contributed by atoms with E-state index in [1.54, 1.807) is 4.90 Å². The predicted molar refractivity (Wildman–Crippen MR) is 89.0 cm³/mol. The zero-order valence-corrected chi connectivity index (χ0v) is 13.6. The van der Waals surface area contributed by atoms with E-state index < -0.39 is 5.60 Å². The number of para-hydroxylation sites is 1. The van der Waals surface area contributed by atoms with Crippen molar-refractivity contribution in [3.8, 4) is 0 Å². The van der Waals surface area contributed by atoms with Crippen LogP contribution >= 0.6 is 0 Å². The third-order valence-corrected chi connectivity index (χ3v) is 3.98. The lowest BCUT2D eigenvalue weighted by atomic mass is 10.0. The smallest absolute Gasteiger partial charge is 0.415 e. The lowest BCUT2D eigenvalue weighted by molar-refractivity contribution is 0.0586. The maximum absolute atomic E-state index is 12.5. The van der Waals surface area contributed by atoms with Gasteiger partial charge in [-0.15, -0.1) is 0 Å². The molecule has 118 valence electrons. The highest BCUT2D eigenvalue weighted by atomic mass is 16.6. The topological polar surface area (TPSA) is 41.6 Å². The number of hydrogen-bond acceptors (Lipinski definition) is 3. The number of carbonyl (C=O) groups excluding carboxylic acids is 1. The molecule has 3 rings (SSSR count). The van der Waals surface area contributed by atoms with E-state index in [4.69, 9.17) is 4.74 Å². The number of ether oxygens (including phenoxy) is 1. The quantitative estimate of drug-likeness (QED) is 0.862. The standard InChI is InChI=1S/C18H24N2O2/c1-18(2,3)22-17(21)20-12-13(11-14-7-6-10-19-14)15-8-4-5-9-16(15)20/h4-5,8-9,11,14,19H,6-7,10,12H2,1-3H3. The van der Waals surface area contributed by atoms with Gasteiger partial charge in [0.1, 0.15) is 5.60 Å². The Balaban J connectivity index is 1.87. The molecule has 1 amide bonds. The first-order chi connectivity index (χ1) is 10.4. The normalized spacial score (nSPS) is 23.0. The van der Waals surface area contributed by atoms with Gasteiger partial charge in [-0.05, 0) is 51.8 Å². The molecule has 1 aromatic carbocycles. The van der Waals surface area contributed by atoms with Crippen molar-refractivity contribution in [3.63, 3.8) is 0 Å². The summed E-state index contributed by atoms with van der Waals surface area (Å²) in [7, 11) is 0. The lowest BCUT2D eigenvalue weighted by Crippen LogP contribution is -2.35. The summed E-state index contributed by atoms with van der Waals surface area (Å²) in [5.74, 6) is 0. The number of anilines is 1. The van der Waals surface area contributed by atoms with Gasteiger partial charge in [-0.2, -0.15) is 0 Å². The molecule has 0 aromatic heterocycles. The maximum Gasteiger partial charge on any atom is 0.415 e. The zero-order valence-electron chi connectivity index (χ0n) is 13.6. The predicted octanol–water partition coefficient (Wildman–Crippen LogP) is 3.58. The van der Waals surface area contributed by atoms with Gasteiger partial charge < -0.3 is 10.1 Å². The molecule has 1 aromatic rings. The van der Waals surface area contributed by atoms with E-state index in [2.05, 4.69) is 17.5 Å². The highest BCUT2D eigenvalue weighted by Gasteiger charge is 2.31. The lowest BCUT2D eigenvalue weighted by Gasteiger charge is -2.24. The van der Waals surface area contributed by atoms with E-state index in [1.165, 1.54) is 12.0 Å². The fourth-order valence-electron chi connectivity index (χ4n) is 3.04. The number of fused-ring (bicyclic) bond motifs is 1. The molecule has 2 aliphatic heterocycles. The van der Waals surface area contributed by atoms with E-state index in [-0.39, 0.29) is 6.09 Å². The van der Waals surface area contributed by atoms with Crippen LogP contribution in [0.1, 0.15) is 39.2 Å². The summed E-state index contributed by atoms with van der Waals surface area (Å²) in [5, 5.41) is 3.49. The van der Waals surface area contributed by atoms with Gasteiger partial charge >= 0.3 is 6.09 Å². The molecule has 1 fully saturated rings. The Hall–Kier alpha value is -1.81. The third-order valence-electron chi connectivity index (χ3n) is 3.98. The maximum atomic E-state index is 12.5. The second-order valence-corrected chi connectivity index (χ2v) is 6.98. The molecule has 0 saturated carbocycles. The first kappa shape index (κ1) is 15.1. The first-order valence-electron chi connectivity index (χ1n) is 7.98. The Morgan fingerprint density at radius 2 is 2.14 bits per heavy atom. The van der Waals surface area contributed by atoms with Crippen LogP contribution in [0.4, 0.5) is 10.5 Å². The van der Waals surface area contributed by atoms with E-state index >= 15 is 0 Å². The van der Waals surface area contributed by atoms with Crippen LogP contribution in [0.5, 0.6) is 0 Å². The molecule has 0 radical (unpaired) electrons. The molecule has 1 saturated heterocycles. The van der Waals surface area contributed by atoms with Crippen LogP contribution in [0.25, 0.3) is 5.57 Å². The van der Waals surface area contributed by atoms with E-state index in [0.717, 1.165) is 24.2 Å². The molecule has 4 nitrogen and oxygen atoms in total. The SMILES string of the molecule is CC(C)(C)OC(=O)N1CC(=CC2CCCN2)c2ccccc21. The molecule has 4 heteroatoms. The van der Waals surface area contributed by atoms with Gasteiger partial charge in [0, 0.05) is 11.6 Å². The average molecular weight is 300 g/mol. The molecule has 1 atom stereocenters. The summed E-state index contributed by atoms with van der Waals surface area (Å²) >= 11 is 0. The van der Waals surface area contributed by atoms with E-state index in [0.29, 0.717) is 12.6 Å². The average Bonchev–Trinajstić information content (AvgIpc) is 3.06. The van der Waals surface area contributed by atoms with Gasteiger partial charge in [0.05, 0.1) is 12.2 Å². The Kier molecular flexibility index (Phi) is 3.96. The van der Waals surface area contributed by atoms with Gasteiger partial charge in [-0.1, -0.05) is 24.3 Å².